The summed E-state index contributed by atoms with van der Waals surface area (Å²) in [6, 6.07) is 27.6. The predicted molar refractivity (Wildman–Crippen MR) is 108 cm³/mol. The standard InChI is InChI=1S/C23H20N4/c1-16-12-14-18(15-13-16)22-20-10-6-7-11-21(20)26(19-8-4-3-5-9-19)23-24-17(2)25-27(22)23/h3-15,22H,1-2H3. The second-order valence-corrected chi connectivity index (χ2v) is 6.95. The molecule has 132 valence electrons. The Morgan fingerprint density at radius 2 is 1.48 bits per heavy atom. The van der Waals surface area contributed by atoms with Crippen molar-refractivity contribution in [2.75, 3.05) is 4.90 Å². The monoisotopic (exact) mass is 352 g/mol. The Morgan fingerprint density at radius 3 is 2.26 bits per heavy atom. The first kappa shape index (κ1) is 15.8. The van der Waals surface area contributed by atoms with E-state index in [0.29, 0.717) is 0 Å². The maximum absolute atomic E-state index is 4.78. The summed E-state index contributed by atoms with van der Waals surface area (Å²) in [5.74, 6) is 1.62. The molecule has 4 heteroatoms. The van der Waals surface area contributed by atoms with Crippen molar-refractivity contribution in [1.82, 2.24) is 14.8 Å². The van der Waals surface area contributed by atoms with Gasteiger partial charge in [0.05, 0.1) is 5.69 Å². The van der Waals surface area contributed by atoms with E-state index in [4.69, 9.17) is 10.1 Å². The molecule has 4 nitrogen and oxygen atoms in total. The van der Waals surface area contributed by atoms with Gasteiger partial charge in [0.1, 0.15) is 11.9 Å². The molecule has 0 radical (unpaired) electrons. The average molecular weight is 352 g/mol. The third-order valence-corrected chi connectivity index (χ3v) is 5.04. The molecule has 1 atom stereocenters. The van der Waals surface area contributed by atoms with Crippen molar-refractivity contribution < 1.29 is 0 Å². The van der Waals surface area contributed by atoms with Gasteiger partial charge >= 0.3 is 0 Å². The van der Waals surface area contributed by atoms with Crippen molar-refractivity contribution in [3.8, 4) is 0 Å². The third kappa shape index (κ3) is 2.53. The molecule has 0 saturated carbocycles. The summed E-state index contributed by atoms with van der Waals surface area (Å²) >= 11 is 0. The molecular formula is C23H20N4. The van der Waals surface area contributed by atoms with E-state index in [2.05, 4.69) is 89.3 Å². The topological polar surface area (TPSA) is 34.0 Å². The molecule has 2 heterocycles. The largest absolute Gasteiger partial charge is 0.279 e. The molecule has 0 aliphatic carbocycles. The summed E-state index contributed by atoms with van der Waals surface area (Å²) in [5.41, 5.74) is 5.92. The first-order chi connectivity index (χ1) is 13.2. The number of aromatic nitrogens is 3. The molecule has 0 amide bonds. The molecule has 0 N–H and O–H groups in total. The van der Waals surface area contributed by atoms with Gasteiger partial charge in [0, 0.05) is 11.3 Å². The minimum absolute atomic E-state index is 0.0120. The summed E-state index contributed by atoms with van der Waals surface area (Å²) in [4.78, 5) is 6.97. The van der Waals surface area contributed by atoms with E-state index >= 15 is 0 Å². The van der Waals surface area contributed by atoms with Crippen LogP contribution in [0.25, 0.3) is 0 Å². The fourth-order valence-electron chi connectivity index (χ4n) is 3.81. The Labute approximate surface area is 158 Å². The van der Waals surface area contributed by atoms with Gasteiger partial charge in [-0.2, -0.15) is 10.1 Å². The van der Waals surface area contributed by atoms with E-state index in [-0.39, 0.29) is 6.04 Å². The summed E-state index contributed by atoms with van der Waals surface area (Å²) in [6.45, 7) is 4.06. The lowest BCUT2D eigenvalue weighted by Gasteiger charge is -2.35. The van der Waals surface area contributed by atoms with Gasteiger partial charge in [-0.05, 0) is 37.6 Å². The van der Waals surface area contributed by atoms with Crippen molar-refractivity contribution in [3.63, 3.8) is 0 Å². The van der Waals surface area contributed by atoms with E-state index in [1.807, 2.05) is 13.0 Å². The minimum Gasteiger partial charge on any atom is -0.279 e. The molecule has 1 aromatic heterocycles. The number of aryl methyl sites for hydroxylation is 2. The van der Waals surface area contributed by atoms with Crippen molar-refractivity contribution in [1.29, 1.82) is 0 Å². The maximum Gasteiger partial charge on any atom is 0.234 e. The van der Waals surface area contributed by atoms with Crippen LogP contribution in [0.4, 0.5) is 17.3 Å². The van der Waals surface area contributed by atoms with Crippen LogP contribution in [0, 0.1) is 13.8 Å². The Kier molecular flexibility index (Phi) is 3.57. The molecule has 27 heavy (non-hydrogen) atoms. The van der Waals surface area contributed by atoms with E-state index in [1.54, 1.807) is 0 Å². The quantitative estimate of drug-likeness (QED) is 0.431. The number of hydrogen-bond donors (Lipinski definition) is 0. The first-order valence-electron chi connectivity index (χ1n) is 9.16. The van der Waals surface area contributed by atoms with Crippen molar-refractivity contribution in [2.24, 2.45) is 0 Å². The second kappa shape index (κ2) is 6.09. The van der Waals surface area contributed by atoms with Gasteiger partial charge < -0.3 is 0 Å². The zero-order valence-corrected chi connectivity index (χ0v) is 15.4. The van der Waals surface area contributed by atoms with Gasteiger partial charge in [0.15, 0.2) is 0 Å². The maximum atomic E-state index is 4.78. The van der Waals surface area contributed by atoms with Crippen LogP contribution in [0.2, 0.25) is 0 Å². The van der Waals surface area contributed by atoms with Crippen LogP contribution in [0.5, 0.6) is 0 Å². The molecule has 3 aromatic carbocycles. The second-order valence-electron chi connectivity index (χ2n) is 6.95. The van der Waals surface area contributed by atoms with E-state index < -0.39 is 0 Å². The fourth-order valence-corrected chi connectivity index (χ4v) is 3.81. The lowest BCUT2D eigenvalue weighted by molar-refractivity contribution is 0.579. The van der Waals surface area contributed by atoms with Gasteiger partial charge in [-0.15, -0.1) is 0 Å². The van der Waals surface area contributed by atoms with Crippen LogP contribution < -0.4 is 4.90 Å². The van der Waals surface area contributed by atoms with Gasteiger partial charge in [-0.25, -0.2) is 4.68 Å². The van der Waals surface area contributed by atoms with Crippen LogP contribution in [0.15, 0.2) is 78.9 Å². The average Bonchev–Trinajstić information content (AvgIpc) is 3.08. The van der Waals surface area contributed by atoms with Crippen LogP contribution in [-0.2, 0) is 0 Å². The number of fused-ring (bicyclic) bond motifs is 2. The van der Waals surface area contributed by atoms with Gasteiger partial charge in [0.25, 0.3) is 0 Å². The molecule has 1 aliphatic rings. The SMILES string of the molecule is Cc1ccc(C2c3ccccc3N(c3ccccc3)c3nc(C)nn32)cc1. The summed E-state index contributed by atoms with van der Waals surface area (Å²) in [5, 5.41) is 4.77. The van der Waals surface area contributed by atoms with E-state index in [0.717, 1.165) is 23.1 Å². The molecule has 1 unspecified atom stereocenters. The summed E-state index contributed by atoms with van der Waals surface area (Å²) < 4.78 is 2.05. The zero-order chi connectivity index (χ0) is 18.4. The number of benzene rings is 3. The van der Waals surface area contributed by atoms with Gasteiger partial charge in [0.2, 0.25) is 5.95 Å². The molecule has 4 aromatic rings. The van der Waals surface area contributed by atoms with Crippen LogP contribution in [0.3, 0.4) is 0 Å². The number of nitrogens with zero attached hydrogens (tertiary/aromatic N) is 4. The van der Waals surface area contributed by atoms with E-state index in [9.17, 15) is 0 Å². The lowest BCUT2D eigenvalue weighted by Crippen LogP contribution is -2.28. The molecule has 0 spiro atoms. The summed E-state index contributed by atoms with van der Waals surface area (Å²) in [6.07, 6.45) is 0. The van der Waals surface area contributed by atoms with Crippen LogP contribution in [0.1, 0.15) is 28.6 Å². The zero-order valence-electron chi connectivity index (χ0n) is 15.4. The van der Waals surface area contributed by atoms with Crippen molar-refractivity contribution in [3.05, 3.63) is 101 Å². The molecule has 0 saturated heterocycles. The summed E-state index contributed by atoms with van der Waals surface area (Å²) in [7, 11) is 0. The Balaban J connectivity index is 1.78. The molecule has 0 fully saturated rings. The van der Waals surface area contributed by atoms with Crippen molar-refractivity contribution >= 4 is 17.3 Å². The third-order valence-electron chi connectivity index (χ3n) is 5.04. The molecule has 1 aliphatic heterocycles. The fraction of sp³-hybridized carbons (Fsp3) is 0.130. The highest BCUT2D eigenvalue weighted by Gasteiger charge is 2.34. The normalized spacial score (nSPS) is 15.3. The number of para-hydroxylation sites is 2. The highest BCUT2D eigenvalue weighted by Crippen LogP contribution is 2.46. The van der Waals surface area contributed by atoms with Crippen LogP contribution >= 0.6 is 0 Å². The molecule has 0 bridgehead atoms. The van der Waals surface area contributed by atoms with E-state index in [1.165, 1.54) is 16.7 Å². The number of anilines is 3. The molecular weight excluding hydrogens is 332 g/mol. The Hall–Kier alpha value is -3.40. The predicted octanol–water partition coefficient (Wildman–Crippen LogP) is 5.32. The minimum atomic E-state index is 0.0120. The smallest absolute Gasteiger partial charge is 0.234 e. The Bertz CT molecular complexity index is 1100. The lowest BCUT2D eigenvalue weighted by atomic mass is 9.94. The molecule has 5 rings (SSSR count). The Morgan fingerprint density at radius 1 is 0.778 bits per heavy atom. The van der Waals surface area contributed by atoms with Crippen LogP contribution in [-0.4, -0.2) is 14.8 Å². The van der Waals surface area contributed by atoms with Gasteiger partial charge in [-0.1, -0.05) is 66.2 Å². The first-order valence-corrected chi connectivity index (χ1v) is 9.16. The number of hydrogen-bond acceptors (Lipinski definition) is 3. The number of rotatable bonds is 2. The highest BCUT2D eigenvalue weighted by molar-refractivity contribution is 5.78. The van der Waals surface area contributed by atoms with Gasteiger partial charge in [-0.3, -0.25) is 4.90 Å². The highest BCUT2D eigenvalue weighted by atomic mass is 15.5. The van der Waals surface area contributed by atoms with Crippen molar-refractivity contribution in [2.45, 2.75) is 19.9 Å².